The summed E-state index contributed by atoms with van der Waals surface area (Å²) < 4.78 is 0. The molecule has 0 spiro atoms. The molecule has 78 heavy (non-hydrogen) atoms. The number of rotatable bonds is 10. The molecule has 0 aromatic carbocycles. The van der Waals surface area contributed by atoms with Gasteiger partial charge in [-0.1, -0.05) is 102 Å². The highest BCUT2D eigenvalue weighted by Crippen LogP contribution is 2.64. The third-order valence-corrected chi connectivity index (χ3v) is 30.5. The maximum absolute atomic E-state index is 3.42. The van der Waals surface area contributed by atoms with Crippen molar-refractivity contribution in [1.29, 1.82) is 0 Å². The van der Waals surface area contributed by atoms with Crippen LogP contribution in [0.15, 0.2) is 24.3 Å². The van der Waals surface area contributed by atoms with Crippen molar-refractivity contribution in [3.05, 3.63) is 24.3 Å². The van der Waals surface area contributed by atoms with Crippen molar-refractivity contribution in [3.8, 4) is 0 Å². The van der Waals surface area contributed by atoms with Crippen molar-refractivity contribution in [3.63, 3.8) is 0 Å². The van der Waals surface area contributed by atoms with Gasteiger partial charge >= 0.3 is 0 Å². The van der Waals surface area contributed by atoms with Crippen LogP contribution in [0.2, 0.25) is 0 Å². The molecule has 0 aliphatic heterocycles. The molecule has 2 nitrogen and oxygen atoms in total. The lowest BCUT2D eigenvalue weighted by Gasteiger charge is -2.62. The Bertz CT molecular complexity index is 1830. The fourth-order valence-electron chi connectivity index (χ4n) is 27.3. The summed E-state index contributed by atoms with van der Waals surface area (Å²) in [5, 5.41) is 0. The first-order valence-corrected chi connectivity index (χ1v) is 37.4. The number of allylic oxidation sites excluding steroid dienone is 4. The van der Waals surface area contributed by atoms with E-state index in [2.05, 4.69) is 48.0 Å². The molecular formula is C76H122N2. The Morgan fingerprint density at radius 2 is 0.526 bits per heavy atom. The highest BCUT2D eigenvalue weighted by atomic mass is 15.2. The predicted molar refractivity (Wildman–Crippen MR) is 327 cm³/mol. The van der Waals surface area contributed by atoms with Crippen LogP contribution < -0.4 is 0 Å². The fraction of sp³-hybridized carbons (Fsp3) is 0.947. The number of nitrogens with zero attached hydrogens (tertiary/aromatic N) is 2. The molecule has 15 rings (SSSR count). The minimum atomic E-state index is 0.845. The molecule has 0 aromatic rings. The van der Waals surface area contributed by atoms with Crippen LogP contribution >= 0.6 is 0 Å². The van der Waals surface area contributed by atoms with Crippen molar-refractivity contribution in [2.75, 3.05) is 0 Å². The largest absolute Gasteiger partial charge is 0.294 e. The Morgan fingerprint density at radius 1 is 0.231 bits per heavy atom. The molecule has 436 valence electrons. The summed E-state index contributed by atoms with van der Waals surface area (Å²) in [4.78, 5) is 6.83. The average molecular weight is 1060 g/mol. The topological polar surface area (TPSA) is 6.48 Å². The second-order valence-corrected chi connectivity index (χ2v) is 33.7. The van der Waals surface area contributed by atoms with E-state index in [1.54, 1.807) is 116 Å². The fourth-order valence-corrected chi connectivity index (χ4v) is 27.3. The molecule has 15 aliphatic rings. The first kappa shape index (κ1) is 54.1. The summed E-state index contributed by atoms with van der Waals surface area (Å²) in [5.74, 6) is 22.3. The molecule has 18 atom stereocenters. The third-order valence-electron chi connectivity index (χ3n) is 30.5. The minimum Gasteiger partial charge on any atom is -0.294 e. The Kier molecular flexibility index (Phi) is 16.4. The Labute approximate surface area is 481 Å². The van der Waals surface area contributed by atoms with Crippen LogP contribution in [0.4, 0.5) is 0 Å². The van der Waals surface area contributed by atoms with Gasteiger partial charge in [-0.2, -0.15) is 0 Å². The Morgan fingerprint density at radius 3 is 0.872 bits per heavy atom. The smallest absolute Gasteiger partial charge is 0.0132 e. The van der Waals surface area contributed by atoms with E-state index in [9.17, 15) is 0 Å². The molecule has 0 radical (unpaired) electrons. The van der Waals surface area contributed by atoms with Crippen molar-refractivity contribution < 1.29 is 0 Å². The van der Waals surface area contributed by atoms with Crippen LogP contribution in [0.25, 0.3) is 0 Å². The van der Waals surface area contributed by atoms with Gasteiger partial charge in [0.05, 0.1) is 0 Å². The van der Waals surface area contributed by atoms with Gasteiger partial charge in [-0.05, 0) is 336 Å². The molecule has 2 heteroatoms. The summed E-state index contributed by atoms with van der Waals surface area (Å²) in [7, 11) is 0. The quantitative estimate of drug-likeness (QED) is 0.201. The normalized spacial score (nSPS) is 53.3. The zero-order chi connectivity index (χ0) is 51.8. The van der Waals surface area contributed by atoms with E-state index >= 15 is 0 Å². The van der Waals surface area contributed by atoms with Crippen molar-refractivity contribution >= 4 is 0 Å². The summed E-state index contributed by atoms with van der Waals surface area (Å²) in [5.41, 5.74) is 0. The molecule has 0 heterocycles. The third kappa shape index (κ3) is 10.3. The number of hydrogen-bond donors (Lipinski definition) is 0. The van der Waals surface area contributed by atoms with Crippen molar-refractivity contribution in [2.45, 2.75) is 320 Å². The lowest BCUT2D eigenvalue weighted by Crippen LogP contribution is -2.61. The SMILES string of the molecule is CC1CCC(N(C2CCC(C=CC3C4CCCCC4C(C=CC4CCC(N(C5CCC(C)CC5)C5CCC6CCC7CCCC8CCC5C6C78)CC4)C4CCCCC34)CC2)C2CCC3CCC4CCCC5CCC2C3C45)CC1. The van der Waals surface area contributed by atoms with Crippen molar-refractivity contribution in [2.24, 2.45) is 130 Å². The van der Waals surface area contributed by atoms with Gasteiger partial charge in [0.15, 0.2) is 0 Å². The molecule has 15 aliphatic carbocycles. The number of fused-ring (bicyclic) bond motifs is 2. The van der Waals surface area contributed by atoms with E-state index < -0.39 is 0 Å². The molecule has 15 saturated carbocycles. The molecule has 18 unspecified atom stereocenters. The zero-order valence-electron chi connectivity index (χ0n) is 51.1. The Balaban J connectivity index is 0.607. The first-order valence-electron chi connectivity index (χ1n) is 37.4. The van der Waals surface area contributed by atoms with Gasteiger partial charge in [0, 0.05) is 36.3 Å². The lowest BCUT2D eigenvalue weighted by molar-refractivity contribution is -0.124. The predicted octanol–water partition coefficient (Wildman–Crippen LogP) is 20.1. The second kappa shape index (κ2) is 23.7. The van der Waals surface area contributed by atoms with Crippen LogP contribution in [0.3, 0.4) is 0 Å². The Hall–Kier alpha value is -0.600. The molecule has 0 saturated heterocycles. The van der Waals surface area contributed by atoms with Gasteiger partial charge in [0.25, 0.3) is 0 Å². The standard InChI is InChI=1S/C76H122N2/c1-49-17-35-59(36-18-49)77(71-47-33-57-29-27-53-9-7-11-55-31-45-69(71)75(57)73(53)55)61-39-21-51(22-40-61)25-43-67-63-13-3-5-15-65(63)68(66-16-6-4-14-64(66)67)44-26-52-23-41-62(42-24-52)78(60-37-19-50(2)20-38-60)72-48-34-58-30-28-54-10-8-12-56-32-46-70(72)76(58)74(54)56/h25-26,43-44,49-76H,3-24,27-42,45-48H2,1-2H3. The first-order chi connectivity index (χ1) is 38.5. The number of hydrogen-bond acceptors (Lipinski definition) is 2. The summed E-state index contributed by atoms with van der Waals surface area (Å²) in [6.07, 6.45) is 76.7. The molecule has 0 amide bonds. The van der Waals surface area contributed by atoms with Crippen molar-refractivity contribution in [1.82, 2.24) is 9.80 Å². The van der Waals surface area contributed by atoms with Gasteiger partial charge < -0.3 is 0 Å². The molecule has 0 aromatic heterocycles. The van der Waals surface area contributed by atoms with E-state index in [-0.39, 0.29) is 0 Å². The average Bonchev–Trinajstić information content (AvgIpc) is 3.55. The van der Waals surface area contributed by atoms with E-state index in [1.165, 1.54) is 154 Å². The van der Waals surface area contributed by atoms with Crippen LogP contribution in [0.5, 0.6) is 0 Å². The molecule has 0 bridgehead atoms. The monoisotopic (exact) mass is 1060 g/mol. The lowest BCUT2D eigenvalue weighted by atomic mass is 9.47. The van der Waals surface area contributed by atoms with Crippen LogP contribution in [0.1, 0.15) is 284 Å². The summed E-state index contributed by atoms with van der Waals surface area (Å²) >= 11 is 0. The molecule has 0 N–H and O–H groups in total. The molecule has 15 fully saturated rings. The summed E-state index contributed by atoms with van der Waals surface area (Å²) in [6.45, 7) is 5.15. The second-order valence-electron chi connectivity index (χ2n) is 33.7. The van der Waals surface area contributed by atoms with Gasteiger partial charge in [0.1, 0.15) is 0 Å². The highest BCUT2D eigenvalue weighted by Gasteiger charge is 2.58. The van der Waals surface area contributed by atoms with Crippen LogP contribution in [-0.4, -0.2) is 46.1 Å². The van der Waals surface area contributed by atoms with E-state index in [1.807, 2.05) is 0 Å². The van der Waals surface area contributed by atoms with Gasteiger partial charge in [-0.15, -0.1) is 0 Å². The maximum Gasteiger partial charge on any atom is 0.0132 e. The van der Waals surface area contributed by atoms with Gasteiger partial charge in [0.2, 0.25) is 0 Å². The van der Waals surface area contributed by atoms with Crippen LogP contribution in [0, 0.1) is 130 Å². The zero-order valence-corrected chi connectivity index (χ0v) is 51.1. The molecular weight excluding hydrogens is 941 g/mol. The van der Waals surface area contributed by atoms with Gasteiger partial charge in [-0.25, -0.2) is 0 Å². The maximum atomic E-state index is 3.42. The summed E-state index contributed by atoms with van der Waals surface area (Å²) in [6, 6.07) is 5.38. The van der Waals surface area contributed by atoms with E-state index in [0.717, 1.165) is 166 Å². The van der Waals surface area contributed by atoms with Crippen LogP contribution in [-0.2, 0) is 0 Å². The van der Waals surface area contributed by atoms with Gasteiger partial charge in [-0.3, -0.25) is 9.80 Å². The minimum absolute atomic E-state index is 0.845. The highest BCUT2D eigenvalue weighted by molar-refractivity contribution is 5.14. The van der Waals surface area contributed by atoms with E-state index in [4.69, 9.17) is 0 Å². The van der Waals surface area contributed by atoms with E-state index in [0.29, 0.717) is 0 Å².